The molecule has 0 spiro atoms. The molecular weight excluding hydrogens is 250 g/mol. The molecule has 0 aromatic heterocycles. The average Bonchev–Trinajstić information content (AvgIpc) is 2.46. The number of fused-ring (bicyclic) bond motifs is 1. The van der Waals surface area contributed by atoms with Crippen LogP contribution in [0, 0.1) is 6.92 Å². The molecule has 1 aliphatic heterocycles. The molecule has 0 radical (unpaired) electrons. The van der Waals surface area contributed by atoms with Crippen LogP contribution in [0.2, 0.25) is 0 Å². The van der Waals surface area contributed by atoms with E-state index in [1.54, 1.807) is 12.1 Å². The lowest BCUT2D eigenvalue weighted by molar-refractivity contribution is 0.103. The maximum atomic E-state index is 12.6. The van der Waals surface area contributed by atoms with Gasteiger partial charge in [-0.15, -0.1) is 0 Å². The molecule has 0 saturated heterocycles. The number of rotatable bonds is 2. The predicted octanol–water partition coefficient (Wildman–Crippen LogP) is 3.13. The van der Waals surface area contributed by atoms with E-state index in [2.05, 4.69) is 0 Å². The molecule has 3 nitrogen and oxygen atoms in total. The number of ether oxygens (including phenoxy) is 1. The second-order valence-corrected chi connectivity index (χ2v) is 5.18. The van der Waals surface area contributed by atoms with E-state index < -0.39 is 0 Å². The molecule has 0 amide bonds. The van der Waals surface area contributed by atoms with Crippen LogP contribution in [0.25, 0.3) is 0 Å². The van der Waals surface area contributed by atoms with Crippen LogP contribution in [0.5, 0.6) is 5.75 Å². The number of benzene rings is 2. The normalized spacial score (nSPS) is 13.4. The number of hydrogen-bond donors (Lipinski definition) is 1. The van der Waals surface area contributed by atoms with Gasteiger partial charge in [-0.1, -0.05) is 0 Å². The standard InChI is InChI=1S/C17H17NO2/c1-11-9-14(18)5-6-15(11)17(19)13-4-7-16-12(10-13)3-2-8-20-16/h4-7,9-10H,2-3,8,18H2,1H3. The quantitative estimate of drug-likeness (QED) is 0.672. The lowest BCUT2D eigenvalue weighted by atomic mass is 9.95. The second-order valence-electron chi connectivity index (χ2n) is 5.18. The fourth-order valence-electron chi connectivity index (χ4n) is 2.60. The highest BCUT2D eigenvalue weighted by Gasteiger charge is 2.16. The molecule has 1 heterocycles. The van der Waals surface area contributed by atoms with Gasteiger partial charge < -0.3 is 10.5 Å². The van der Waals surface area contributed by atoms with Gasteiger partial charge in [0.1, 0.15) is 5.75 Å². The van der Waals surface area contributed by atoms with Crippen molar-refractivity contribution in [2.24, 2.45) is 0 Å². The summed E-state index contributed by atoms with van der Waals surface area (Å²) in [6.07, 6.45) is 1.97. The van der Waals surface area contributed by atoms with Gasteiger partial charge >= 0.3 is 0 Å². The van der Waals surface area contributed by atoms with Crippen LogP contribution < -0.4 is 10.5 Å². The van der Waals surface area contributed by atoms with E-state index in [0.717, 1.165) is 36.3 Å². The van der Waals surface area contributed by atoms with Crippen molar-refractivity contribution in [3.8, 4) is 5.75 Å². The van der Waals surface area contributed by atoms with Crippen LogP contribution in [-0.4, -0.2) is 12.4 Å². The highest BCUT2D eigenvalue weighted by Crippen LogP contribution is 2.27. The Bertz CT molecular complexity index is 677. The summed E-state index contributed by atoms with van der Waals surface area (Å²) < 4.78 is 5.58. The fraction of sp³-hybridized carbons (Fsp3) is 0.235. The lowest BCUT2D eigenvalue weighted by Crippen LogP contribution is -2.10. The summed E-state index contributed by atoms with van der Waals surface area (Å²) in [6, 6.07) is 11.1. The van der Waals surface area contributed by atoms with Crippen molar-refractivity contribution in [1.82, 2.24) is 0 Å². The largest absolute Gasteiger partial charge is 0.493 e. The monoisotopic (exact) mass is 267 g/mol. The van der Waals surface area contributed by atoms with E-state index in [1.165, 1.54) is 0 Å². The zero-order valence-corrected chi connectivity index (χ0v) is 11.5. The summed E-state index contributed by atoms with van der Waals surface area (Å²) in [5, 5.41) is 0. The second kappa shape index (κ2) is 5.00. The maximum Gasteiger partial charge on any atom is 0.193 e. The Labute approximate surface area is 118 Å². The molecule has 2 aromatic carbocycles. The number of carbonyl (C=O) groups is 1. The van der Waals surface area contributed by atoms with Crippen molar-refractivity contribution in [1.29, 1.82) is 0 Å². The third-order valence-corrected chi connectivity index (χ3v) is 3.67. The Morgan fingerprint density at radius 2 is 2.05 bits per heavy atom. The summed E-state index contributed by atoms with van der Waals surface area (Å²) in [6.45, 7) is 2.67. The average molecular weight is 267 g/mol. The van der Waals surface area contributed by atoms with Gasteiger partial charge in [-0.25, -0.2) is 0 Å². The van der Waals surface area contributed by atoms with Gasteiger partial charge in [-0.3, -0.25) is 4.79 Å². The molecule has 20 heavy (non-hydrogen) atoms. The van der Waals surface area contributed by atoms with Crippen LogP contribution in [0.3, 0.4) is 0 Å². The highest BCUT2D eigenvalue weighted by atomic mass is 16.5. The van der Waals surface area contributed by atoms with Crippen molar-refractivity contribution in [3.05, 3.63) is 58.7 Å². The highest BCUT2D eigenvalue weighted by molar-refractivity contribution is 6.10. The van der Waals surface area contributed by atoms with Crippen molar-refractivity contribution >= 4 is 11.5 Å². The van der Waals surface area contributed by atoms with E-state index in [9.17, 15) is 4.79 Å². The first-order valence-corrected chi connectivity index (χ1v) is 6.82. The fourth-order valence-corrected chi connectivity index (χ4v) is 2.60. The van der Waals surface area contributed by atoms with E-state index in [-0.39, 0.29) is 5.78 Å². The number of carbonyl (C=O) groups excluding carboxylic acids is 1. The maximum absolute atomic E-state index is 12.6. The topological polar surface area (TPSA) is 52.3 Å². The van der Waals surface area contributed by atoms with Crippen LogP contribution in [0.4, 0.5) is 5.69 Å². The Hall–Kier alpha value is -2.29. The first-order valence-electron chi connectivity index (χ1n) is 6.82. The zero-order chi connectivity index (χ0) is 14.1. The molecule has 0 unspecified atom stereocenters. The molecule has 2 aromatic rings. The SMILES string of the molecule is Cc1cc(N)ccc1C(=O)c1ccc2c(c1)CCCO2. The van der Waals surface area contributed by atoms with Gasteiger partial charge in [0, 0.05) is 16.8 Å². The number of ketones is 1. The lowest BCUT2D eigenvalue weighted by Gasteiger charge is -2.17. The number of anilines is 1. The first kappa shape index (κ1) is 12.7. The minimum absolute atomic E-state index is 0.0378. The van der Waals surface area contributed by atoms with Crippen LogP contribution in [-0.2, 0) is 6.42 Å². The molecule has 3 rings (SSSR count). The van der Waals surface area contributed by atoms with Crippen LogP contribution in [0.1, 0.15) is 33.5 Å². The van der Waals surface area contributed by atoms with Crippen molar-refractivity contribution < 1.29 is 9.53 Å². The van der Waals surface area contributed by atoms with Gasteiger partial charge in [-0.2, -0.15) is 0 Å². The predicted molar refractivity (Wildman–Crippen MR) is 79.3 cm³/mol. The molecule has 102 valence electrons. The minimum atomic E-state index is 0.0378. The van der Waals surface area contributed by atoms with Gasteiger partial charge in [0.05, 0.1) is 6.61 Å². The molecule has 2 N–H and O–H groups in total. The first-order chi connectivity index (χ1) is 9.65. The Morgan fingerprint density at radius 1 is 1.20 bits per heavy atom. The number of aryl methyl sites for hydroxylation is 2. The number of nitrogens with two attached hydrogens (primary N) is 1. The van der Waals surface area contributed by atoms with Crippen LogP contribution >= 0.6 is 0 Å². The summed E-state index contributed by atoms with van der Waals surface area (Å²) in [7, 11) is 0. The molecule has 0 bridgehead atoms. The van der Waals surface area contributed by atoms with Crippen molar-refractivity contribution in [2.45, 2.75) is 19.8 Å². The summed E-state index contributed by atoms with van der Waals surface area (Å²) in [5.41, 5.74) is 9.85. The Morgan fingerprint density at radius 3 is 2.85 bits per heavy atom. The third-order valence-electron chi connectivity index (χ3n) is 3.67. The smallest absolute Gasteiger partial charge is 0.193 e. The van der Waals surface area contributed by atoms with Gasteiger partial charge in [-0.05, 0) is 67.3 Å². The number of hydrogen-bond acceptors (Lipinski definition) is 3. The summed E-state index contributed by atoms with van der Waals surface area (Å²) in [5.74, 6) is 0.942. The van der Waals surface area contributed by atoms with E-state index in [1.807, 2.05) is 31.2 Å². The number of nitrogen functional groups attached to an aromatic ring is 1. The summed E-state index contributed by atoms with van der Waals surface area (Å²) in [4.78, 5) is 12.6. The van der Waals surface area contributed by atoms with Gasteiger partial charge in [0.15, 0.2) is 5.78 Å². The van der Waals surface area contributed by atoms with E-state index in [4.69, 9.17) is 10.5 Å². The Balaban J connectivity index is 1.98. The van der Waals surface area contributed by atoms with E-state index >= 15 is 0 Å². The molecule has 0 atom stereocenters. The van der Waals surface area contributed by atoms with Gasteiger partial charge in [0.2, 0.25) is 0 Å². The molecule has 3 heteroatoms. The Kier molecular flexibility index (Phi) is 3.18. The molecular formula is C17H17NO2. The molecule has 0 saturated carbocycles. The van der Waals surface area contributed by atoms with Crippen molar-refractivity contribution in [2.75, 3.05) is 12.3 Å². The van der Waals surface area contributed by atoms with Crippen molar-refractivity contribution in [3.63, 3.8) is 0 Å². The molecule has 0 fully saturated rings. The molecule has 1 aliphatic rings. The van der Waals surface area contributed by atoms with Crippen LogP contribution in [0.15, 0.2) is 36.4 Å². The van der Waals surface area contributed by atoms with E-state index in [0.29, 0.717) is 16.8 Å². The summed E-state index contributed by atoms with van der Waals surface area (Å²) >= 11 is 0. The third kappa shape index (κ3) is 2.27. The molecule has 0 aliphatic carbocycles. The minimum Gasteiger partial charge on any atom is -0.493 e. The zero-order valence-electron chi connectivity index (χ0n) is 11.5. The van der Waals surface area contributed by atoms with Gasteiger partial charge in [0.25, 0.3) is 0 Å².